The lowest BCUT2D eigenvalue weighted by Gasteiger charge is -2.18. The average molecular weight is 433 g/mol. The smallest absolute Gasteiger partial charge is 0.167 e. The van der Waals surface area contributed by atoms with E-state index in [1.807, 2.05) is 39.8 Å². The number of benzene rings is 2. The molecule has 0 saturated carbocycles. The van der Waals surface area contributed by atoms with Crippen LogP contribution in [0, 0.1) is 19.3 Å². The number of hydrogen-bond acceptors (Lipinski definition) is 6. The standard InChI is InChI=1S/C26H28N2O4/c1-16-10-18(14-29)6-7-20(16)22-13-27-19(12-28-22)15-32-24-9-8-21(25(31)17(24)2)23(30)11-26(3,4)5/h6-10,12-14,31H,11,15H2,1-5H3. The molecule has 0 aliphatic rings. The maximum atomic E-state index is 12.5. The van der Waals surface area contributed by atoms with Crippen molar-refractivity contribution in [3.63, 3.8) is 0 Å². The number of carbonyl (C=O) groups excluding carboxylic acids is 2. The molecule has 0 saturated heterocycles. The minimum Gasteiger partial charge on any atom is -0.507 e. The van der Waals surface area contributed by atoms with E-state index in [1.165, 1.54) is 0 Å². The van der Waals surface area contributed by atoms with E-state index in [4.69, 9.17) is 4.74 Å². The summed E-state index contributed by atoms with van der Waals surface area (Å²) in [5, 5.41) is 10.5. The maximum Gasteiger partial charge on any atom is 0.167 e. The fraction of sp³-hybridized carbons (Fsp3) is 0.308. The summed E-state index contributed by atoms with van der Waals surface area (Å²) >= 11 is 0. The lowest BCUT2D eigenvalue weighted by Crippen LogP contribution is -2.13. The Kier molecular flexibility index (Phi) is 6.72. The lowest BCUT2D eigenvalue weighted by molar-refractivity contribution is 0.0936. The van der Waals surface area contributed by atoms with Crippen LogP contribution in [0.5, 0.6) is 11.5 Å². The normalized spacial score (nSPS) is 11.3. The highest BCUT2D eigenvalue weighted by molar-refractivity contribution is 5.99. The lowest BCUT2D eigenvalue weighted by atomic mass is 9.87. The van der Waals surface area contributed by atoms with Crippen molar-refractivity contribution in [2.45, 2.75) is 47.6 Å². The van der Waals surface area contributed by atoms with Crippen LogP contribution in [0.2, 0.25) is 0 Å². The fourth-order valence-electron chi connectivity index (χ4n) is 3.41. The first-order chi connectivity index (χ1) is 15.1. The number of aromatic hydroxyl groups is 1. The molecular weight excluding hydrogens is 404 g/mol. The number of hydrogen-bond donors (Lipinski definition) is 1. The molecule has 0 bridgehead atoms. The van der Waals surface area contributed by atoms with E-state index in [0.717, 1.165) is 17.4 Å². The number of aryl methyl sites for hydroxylation is 1. The molecule has 0 unspecified atom stereocenters. The summed E-state index contributed by atoms with van der Waals surface area (Å²) in [5.74, 6) is 0.344. The molecule has 6 heteroatoms. The third kappa shape index (κ3) is 5.38. The van der Waals surface area contributed by atoms with Gasteiger partial charge in [0.25, 0.3) is 0 Å². The van der Waals surface area contributed by atoms with Gasteiger partial charge in [-0.25, -0.2) is 0 Å². The minimum atomic E-state index is -0.160. The largest absolute Gasteiger partial charge is 0.507 e. The van der Waals surface area contributed by atoms with E-state index in [9.17, 15) is 14.7 Å². The second kappa shape index (κ2) is 9.30. The van der Waals surface area contributed by atoms with Gasteiger partial charge < -0.3 is 9.84 Å². The van der Waals surface area contributed by atoms with Crippen LogP contribution in [0.4, 0.5) is 0 Å². The number of aromatic nitrogens is 2. The van der Waals surface area contributed by atoms with Gasteiger partial charge in [0.15, 0.2) is 5.78 Å². The van der Waals surface area contributed by atoms with Gasteiger partial charge in [-0.1, -0.05) is 32.9 Å². The molecule has 0 fully saturated rings. The Labute approximate surface area is 188 Å². The van der Waals surface area contributed by atoms with Gasteiger partial charge in [0, 0.05) is 23.1 Å². The first-order valence-electron chi connectivity index (χ1n) is 10.4. The van der Waals surface area contributed by atoms with E-state index in [2.05, 4.69) is 9.97 Å². The Bertz CT molecular complexity index is 1150. The summed E-state index contributed by atoms with van der Waals surface area (Å²) in [6.07, 6.45) is 4.47. The third-order valence-corrected chi connectivity index (χ3v) is 5.12. The summed E-state index contributed by atoms with van der Waals surface area (Å²) < 4.78 is 5.83. The number of Topliss-reactive ketones (excluding diaryl/α,β-unsaturated/α-hetero) is 1. The molecule has 32 heavy (non-hydrogen) atoms. The van der Waals surface area contributed by atoms with Crippen molar-refractivity contribution < 1.29 is 19.4 Å². The highest BCUT2D eigenvalue weighted by atomic mass is 16.5. The van der Waals surface area contributed by atoms with Crippen LogP contribution < -0.4 is 4.74 Å². The number of carbonyl (C=O) groups is 2. The molecule has 0 aliphatic carbocycles. The van der Waals surface area contributed by atoms with Crippen molar-refractivity contribution in [3.8, 4) is 22.8 Å². The molecule has 0 amide bonds. The Morgan fingerprint density at radius 3 is 2.44 bits per heavy atom. The molecule has 0 spiro atoms. The van der Waals surface area contributed by atoms with Gasteiger partial charge in [-0.05, 0) is 43.0 Å². The summed E-state index contributed by atoms with van der Waals surface area (Å²) in [6.45, 7) is 9.78. The van der Waals surface area contributed by atoms with Gasteiger partial charge in [-0.2, -0.15) is 0 Å². The van der Waals surface area contributed by atoms with Crippen LogP contribution in [0.15, 0.2) is 42.7 Å². The molecule has 1 heterocycles. The minimum absolute atomic E-state index is 0.0487. The number of rotatable bonds is 7. The second-order valence-corrected chi connectivity index (χ2v) is 9.12. The van der Waals surface area contributed by atoms with Crippen LogP contribution in [-0.2, 0) is 6.61 Å². The van der Waals surface area contributed by atoms with E-state index < -0.39 is 0 Å². The zero-order valence-electron chi connectivity index (χ0n) is 19.1. The first-order valence-corrected chi connectivity index (χ1v) is 10.4. The zero-order chi connectivity index (χ0) is 23.5. The van der Waals surface area contributed by atoms with E-state index in [0.29, 0.717) is 40.2 Å². The predicted molar refractivity (Wildman–Crippen MR) is 123 cm³/mol. The summed E-state index contributed by atoms with van der Waals surface area (Å²) in [5.41, 5.74) is 4.47. The molecule has 0 radical (unpaired) electrons. The molecule has 1 aromatic heterocycles. The van der Waals surface area contributed by atoms with Crippen LogP contribution >= 0.6 is 0 Å². The van der Waals surface area contributed by atoms with E-state index in [1.54, 1.807) is 37.5 Å². The molecule has 1 N–H and O–H groups in total. The Balaban J connectivity index is 1.71. The van der Waals surface area contributed by atoms with Crippen molar-refractivity contribution in [2.75, 3.05) is 0 Å². The first kappa shape index (κ1) is 23.1. The van der Waals surface area contributed by atoms with Gasteiger partial charge in [-0.15, -0.1) is 0 Å². The van der Waals surface area contributed by atoms with Crippen LogP contribution in [0.1, 0.15) is 64.7 Å². The average Bonchev–Trinajstić information content (AvgIpc) is 2.74. The number of nitrogens with zero attached hydrogens (tertiary/aromatic N) is 2. The maximum absolute atomic E-state index is 12.5. The quantitative estimate of drug-likeness (QED) is 0.393. The molecule has 6 nitrogen and oxygen atoms in total. The van der Waals surface area contributed by atoms with Crippen molar-refractivity contribution in [1.82, 2.24) is 9.97 Å². The summed E-state index contributed by atoms with van der Waals surface area (Å²) in [6, 6.07) is 8.72. The molecule has 2 aromatic carbocycles. The number of phenolic OH excluding ortho intramolecular Hbond substituents is 1. The topological polar surface area (TPSA) is 89.4 Å². The molecular formula is C26H28N2O4. The van der Waals surface area contributed by atoms with Crippen LogP contribution in [0.3, 0.4) is 0 Å². The predicted octanol–water partition coefficient (Wildman–Crippen LogP) is 5.48. The van der Waals surface area contributed by atoms with Gasteiger partial charge in [0.1, 0.15) is 24.4 Å². The fourth-order valence-corrected chi connectivity index (χ4v) is 3.41. The van der Waals surface area contributed by atoms with Gasteiger partial charge >= 0.3 is 0 Å². The van der Waals surface area contributed by atoms with Crippen molar-refractivity contribution in [1.29, 1.82) is 0 Å². The Morgan fingerprint density at radius 1 is 1.09 bits per heavy atom. The Morgan fingerprint density at radius 2 is 1.84 bits per heavy atom. The molecule has 166 valence electrons. The zero-order valence-corrected chi connectivity index (χ0v) is 19.1. The number of ketones is 1. The molecule has 3 rings (SSSR count). The van der Waals surface area contributed by atoms with Crippen molar-refractivity contribution >= 4 is 12.1 Å². The SMILES string of the molecule is Cc1cc(C=O)ccc1-c1cnc(COc2ccc(C(=O)CC(C)(C)C)c(O)c2C)cn1. The van der Waals surface area contributed by atoms with Crippen LogP contribution in [-0.4, -0.2) is 27.1 Å². The highest BCUT2D eigenvalue weighted by Crippen LogP contribution is 2.33. The third-order valence-electron chi connectivity index (χ3n) is 5.12. The van der Waals surface area contributed by atoms with Crippen molar-refractivity contribution in [2.24, 2.45) is 5.41 Å². The molecule has 0 atom stereocenters. The summed E-state index contributed by atoms with van der Waals surface area (Å²) in [4.78, 5) is 32.3. The highest BCUT2D eigenvalue weighted by Gasteiger charge is 2.21. The molecule has 0 aliphatic heterocycles. The number of phenols is 1. The van der Waals surface area contributed by atoms with Gasteiger partial charge in [-0.3, -0.25) is 19.6 Å². The molecule has 3 aromatic rings. The van der Waals surface area contributed by atoms with E-state index in [-0.39, 0.29) is 23.6 Å². The second-order valence-electron chi connectivity index (χ2n) is 9.12. The van der Waals surface area contributed by atoms with Crippen LogP contribution in [0.25, 0.3) is 11.3 Å². The van der Waals surface area contributed by atoms with E-state index >= 15 is 0 Å². The van der Waals surface area contributed by atoms with Crippen molar-refractivity contribution in [3.05, 3.63) is 70.7 Å². The van der Waals surface area contributed by atoms with Gasteiger partial charge in [0.05, 0.1) is 29.3 Å². The number of ether oxygens (including phenoxy) is 1. The monoisotopic (exact) mass is 432 g/mol. The van der Waals surface area contributed by atoms with Gasteiger partial charge in [0.2, 0.25) is 0 Å². The summed E-state index contributed by atoms with van der Waals surface area (Å²) in [7, 11) is 0. The Hall–Kier alpha value is -3.54. The number of aldehydes is 1.